The van der Waals surface area contributed by atoms with Crippen molar-refractivity contribution in [3.8, 4) is 5.75 Å². The van der Waals surface area contributed by atoms with E-state index in [9.17, 15) is 9.59 Å². The van der Waals surface area contributed by atoms with Gasteiger partial charge in [0.1, 0.15) is 5.75 Å². The van der Waals surface area contributed by atoms with Crippen LogP contribution in [0.4, 0.5) is 0 Å². The minimum absolute atomic E-state index is 0.106. The van der Waals surface area contributed by atoms with Crippen LogP contribution < -0.4 is 10.2 Å². The third-order valence-corrected chi connectivity index (χ3v) is 6.08. The van der Waals surface area contributed by atoms with Gasteiger partial charge in [-0.1, -0.05) is 105 Å². The second-order valence-corrected chi connectivity index (χ2v) is 9.43. The molecule has 1 amide bonds. The Labute approximate surface area is 212 Å². The highest BCUT2D eigenvalue weighted by Crippen LogP contribution is 2.23. The molecule has 0 radical (unpaired) electrons. The number of nitrogens with zero attached hydrogens (tertiary/aromatic N) is 1. The number of ether oxygens (including phenoxy) is 1. The van der Waals surface area contributed by atoms with E-state index < -0.39 is 5.97 Å². The molecule has 184 valence electrons. The first-order chi connectivity index (χ1) is 16.6. The van der Waals surface area contributed by atoms with Gasteiger partial charge in [-0.25, -0.2) is 10.2 Å². The molecule has 0 aromatic heterocycles. The van der Waals surface area contributed by atoms with Crippen molar-refractivity contribution >= 4 is 34.0 Å². The summed E-state index contributed by atoms with van der Waals surface area (Å²) in [7, 11) is 0. The second kappa shape index (κ2) is 17.0. The Kier molecular flexibility index (Phi) is 13.9. The number of halogens is 1. The summed E-state index contributed by atoms with van der Waals surface area (Å²) in [4.78, 5) is 24.5. The predicted molar refractivity (Wildman–Crippen MR) is 142 cm³/mol. The topological polar surface area (TPSA) is 67.8 Å². The molecule has 0 aliphatic rings. The Morgan fingerprint density at radius 3 is 2.15 bits per heavy atom. The van der Waals surface area contributed by atoms with E-state index in [1.807, 2.05) is 6.07 Å². The Balaban J connectivity index is 1.67. The molecule has 0 saturated carbocycles. The highest BCUT2D eigenvalue weighted by atomic mass is 79.9. The van der Waals surface area contributed by atoms with Gasteiger partial charge >= 0.3 is 5.97 Å². The first-order valence-electron chi connectivity index (χ1n) is 12.5. The van der Waals surface area contributed by atoms with Gasteiger partial charge in [-0.2, -0.15) is 5.10 Å². The number of rotatable bonds is 16. The SMILES string of the molecule is CCCCCCCCCCCCCC(=O)NN=Cc1cc(Br)ccc1OC(=O)c1ccccc1. The van der Waals surface area contributed by atoms with E-state index in [0.717, 1.165) is 17.3 Å². The molecular weight excluding hydrogens is 492 g/mol. The summed E-state index contributed by atoms with van der Waals surface area (Å²) in [6.07, 6.45) is 15.7. The molecule has 0 atom stereocenters. The molecular formula is C28H37BrN2O3. The molecule has 0 spiro atoms. The minimum Gasteiger partial charge on any atom is -0.422 e. The largest absolute Gasteiger partial charge is 0.422 e. The van der Waals surface area contributed by atoms with Crippen LogP contribution in [0.5, 0.6) is 5.75 Å². The van der Waals surface area contributed by atoms with Gasteiger partial charge < -0.3 is 4.74 Å². The Morgan fingerprint density at radius 2 is 1.50 bits per heavy atom. The average Bonchev–Trinajstić information content (AvgIpc) is 2.84. The van der Waals surface area contributed by atoms with Gasteiger partial charge in [0.05, 0.1) is 11.8 Å². The number of nitrogens with one attached hydrogen (secondary N) is 1. The van der Waals surface area contributed by atoms with Crippen LogP contribution in [0.3, 0.4) is 0 Å². The lowest BCUT2D eigenvalue weighted by atomic mass is 10.1. The van der Waals surface area contributed by atoms with Crippen LogP contribution in [0.15, 0.2) is 58.1 Å². The predicted octanol–water partition coefficient (Wildman–Crippen LogP) is 7.82. The summed E-state index contributed by atoms with van der Waals surface area (Å²) in [5.41, 5.74) is 3.63. The maximum atomic E-state index is 12.4. The molecule has 2 aromatic rings. The normalized spacial score (nSPS) is 11.0. The molecule has 6 heteroatoms. The molecule has 0 unspecified atom stereocenters. The van der Waals surface area contributed by atoms with Gasteiger partial charge in [0.15, 0.2) is 0 Å². The summed E-state index contributed by atoms with van der Waals surface area (Å²) < 4.78 is 6.34. The molecule has 34 heavy (non-hydrogen) atoms. The third-order valence-electron chi connectivity index (χ3n) is 5.58. The summed E-state index contributed by atoms with van der Waals surface area (Å²) in [6.45, 7) is 2.25. The van der Waals surface area contributed by atoms with E-state index in [1.54, 1.807) is 42.5 Å². The van der Waals surface area contributed by atoms with Crippen molar-refractivity contribution in [2.24, 2.45) is 5.10 Å². The quantitative estimate of drug-likeness (QED) is 0.0793. The van der Waals surface area contributed by atoms with Crippen molar-refractivity contribution in [3.05, 3.63) is 64.1 Å². The molecule has 0 aliphatic heterocycles. The zero-order valence-corrected chi connectivity index (χ0v) is 21.8. The lowest BCUT2D eigenvalue weighted by Gasteiger charge is -2.08. The van der Waals surface area contributed by atoms with Crippen molar-refractivity contribution < 1.29 is 14.3 Å². The van der Waals surface area contributed by atoms with Crippen molar-refractivity contribution in [3.63, 3.8) is 0 Å². The maximum absolute atomic E-state index is 12.4. The zero-order valence-electron chi connectivity index (χ0n) is 20.2. The number of carbonyl (C=O) groups excluding carboxylic acids is 2. The van der Waals surface area contributed by atoms with E-state index in [-0.39, 0.29) is 5.91 Å². The van der Waals surface area contributed by atoms with E-state index in [1.165, 1.54) is 64.0 Å². The van der Waals surface area contributed by atoms with Crippen LogP contribution in [-0.2, 0) is 4.79 Å². The monoisotopic (exact) mass is 528 g/mol. The first kappa shape index (κ1) is 27.8. The molecule has 0 saturated heterocycles. The van der Waals surface area contributed by atoms with Crippen LogP contribution in [0.1, 0.15) is 99.9 Å². The summed E-state index contributed by atoms with van der Waals surface area (Å²) in [5.74, 6) is -0.177. The number of esters is 1. The molecule has 0 fully saturated rings. The van der Waals surface area contributed by atoms with Crippen LogP contribution in [-0.4, -0.2) is 18.1 Å². The first-order valence-corrected chi connectivity index (χ1v) is 13.3. The summed E-state index contributed by atoms with van der Waals surface area (Å²) >= 11 is 3.42. The Bertz CT molecular complexity index is 900. The van der Waals surface area contributed by atoms with Gasteiger partial charge in [-0.3, -0.25) is 4.79 Å². The van der Waals surface area contributed by atoms with E-state index in [0.29, 0.717) is 23.3 Å². The second-order valence-electron chi connectivity index (χ2n) is 8.52. The standard InChI is InChI=1S/C28H37BrN2O3/c1-2-3-4-5-6-7-8-9-10-11-15-18-27(32)31-30-22-24-21-25(29)19-20-26(24)34-28(33)23-16-13-12-14-17-23/h12-14,16-17,19-22H,2-11,15,18H2,1H3,(H,31,32). The highest BCUT2D eigenvalue weighted by Gasteiger charge is 2.11. The molecule has 1 N–H and O–H groups in total. The molecule has 2 rings (SSSR count). The maximum Gasteiger partial charge on any atom is 0.343 e. The van der Waals surface area contributed by atoms with Crippen molar-refractivity contribution in [2.75, 3.05) is 0 Å². The zero-order chi connectivity index (χ0) is 24.4. The van der Waals surface area contributed by atoms with Crippen molar-refractivity contribution in [1.29, 1.82) is 0 Å². The van der Waals surface area contributed by atoms with E-state index in [4.69, 9.17) is 4.74 Å². The Morgan fingerprint density at radius 1 is 0.882 bits per heavy atom. The van der Waals surface area contributed by atoms with Gasteiger partial charge in [0.25, 0.3) is 0 Å². The molecule has 2 aromatic carbocycles. The molecule has 0 aliphatic carbocycles. The fourth-order valence-corrected chi connectivity index (χ4v) is 4.00. The number of hydrogen-bond donors (Lipinski definition) is 1. The minimum atomic E-state index is -0.446. The number of hydrazone groups is 1. The van der Waals surface area contributed by atoms with Gasteiger partial charge in [-0.15, -0.1) is 0 Å². The number of carbonyl (C=O) groups is 2. The van der Waals surface area contributed by atoms with Crippen LogP contribution in [0, 0.1) is 0 Å². The van der Waals surface area contributed by atoms with Crippen LogP contribution in [0.25, 0.3) is 0 Å². The lowest BCUT2D eigenvalue weighted by molar-refractivity contribution is -0.121. The van der Waals surface area contributed by atoms with Gasteiger partial charge in [0, 0.05) is 16.5 Å². The fourth-order valence-electron chi connectivity index (χ4n) is 3.63. The molecule has 0 bridgehead atoms. The molecule has 5 nitrogen and oxygen atoms in total. The fraction of sp³-hybridized carbons (Fsp3) is 0.464. The highest BCUT2D eigenvalue weighted by molar-refractivity contribution is 9.10. The van der Waals surface area contributed by atoms with E-state index >= 15 is 0 Å². The summed E-state index contributed by atoms with van der Waals surface area (Å²) in [6, 6.07) is 14.1. The smallest absolute Gasteiger partial charge is 0.343 e. The van der Waals surface area contributed by atoms with Crippen LogP contribution >= 0.6 is 15.9 Å². The lowest BCUT2D eigenvalue weighted by Crippen LogP contribution is -2.17. The van der Waals surface area contributed by atoms with Crippen LogP contribution in [0.2, 0.25) is 0 Å². The third kappa shape index (κ3) is 11.6. The number of benzene rings is 2. The number of amides is 1. The van der Waals surface area contributed by atoms with Gasteiger partial charge in [-0.05, 0) is 36.8 Å². The van der Waals surface area contributed by atoms with E-state index in [2.05, 4.69) is 33.4 Å². The van der Waals surface area contributed by atoms with Gasteiger partial charge in [0.2, 0.25) is 5.91 Å². The number of unbranched alkanes of at least 4 members (excludes halogenated alkanes) is 10. The number of hydrogen-bond acceptors (Lipinski definition) is 4. The molecule has 0 heterocycles. The Hall–Kier alpha value is -2.47. The average molecular weight is 530 g/mol. The summed E-state index contributed by atoms with van der Waals surface area (Å²) in [5, 5.41) is 4.06. The van der Waals surface area contributed by atoms with Crippen molar-refractivity contribution in [1.82, 2.24) is 5.43 Å². The van der Waals surface area contributed by atoms with Crippen molar-refractivity contribution in [2.45, 2.75) is 84.0 Å².